The van der Waals surface area contributed by atoms with E-state index in [-0.39, 0.29) is 23.7 Å². The molecule has 0 radical (unpaired) electrons. The van der Waals surface area contributed by atoms with Crippen molar-refractivity contribution >= 4 is 17.6 Å². The lowest BCUT2D eigenvalue weighted by molar-refractivity contribution is -0.125. The second-order valence-corrected chi connectivity index (χ2v) is 7.69. The molecule has 1 aliphatic carbocycles. The number of hydrogen-bond donors (Lipinski definition) is 2. The summed E-state index contributed by atoms with van der Waals surface area (Å²) < 4.78 is 3.86. The normalized spacial score (nSPS) is 22.3. The fourth-order valence-electron chi connectivity index (χ4n) is 4.26. The Balaban J connectivity index is 1.62. The molecule has 0 spiro atoms. The van der Waals surface area contributed by atoms with Crippen LogP contribution in [0.15, 0.2) is 12.4 Å². The number of nitrogens with two attached hydrogens (primary N) is 1. The summed E-state index contributed by atoms with van der Waals surface area (Å²) in [5.74, 6) is 1.03. The first-order valence-corrected chi connectivity index (χ1v) is 9.71. The fraction of sp³-hybridized carbons (Fsp3) is 0.579. The van der Waals surface area contributed by atoms with Crippen molar-refractivity contribution in [2.24, 2.45) is 24.6 Å². The quantitative estimate of drug-likeness (QED) is 0.856. The Morgan fingerprint density at radius 2 is 2.04 bits per heavy atom. The van der Waals surface area contributed by atoms with Crippen molar-refractivity contribution in [2.45, 2.75) is 51.5 Å². The number of nitrogens with zero attached hydrogens (tertiary/aromatic N) is 4. The molecule has 0 aromatic carbocycles. The van der Waals surface area contributed by atoms with Crippen LogP contribution in [0.25, 0.3) is 11.3 Å². The summed E-state index contributed by atoms with van der Waals surface area (Å²) in [5, 5.41) is 7.37. The van der Waals surface area contributed by atoms with Crippen molar-refractivity contribution in [2.75, 3.05) is 5.32 Å². The molecule has 3 N–H and O–H groups in total. The van der Waals surface area contributed by atoms with Gasteiger partial charge in [0.05, 0.1) is 6.20 Å². The van der Waals surface area contributed by atoms with Gasteiger partial charge in [-0.25, -0.2) is 4.98 Å². The third kappa shape index (κ3) is 3.48. The summed E-state index contributed by atoms with van der Waals surface area (Å²) in [5.41, 5.74) is 7.14. The number of primary amides is 1. The minimum atomic E-state index is -0.301. The Morgan fingerprint density at radius 1 is 1.22 bits per heavy atom. The van der Waals surface area contributed by atoms with E-state index in [4.69, 9.17) is 10.7 Å². The van der Waals surface area contributed by atoms with Gasteiger partial charge in [-0.3, -0.25) is 14.3 Å². The highest BCUT2D eigenvalue weighted by Crippen LogP contribution is 2.34. The monoisotopic (exact) mass is 370 g/mol. The molecule has 1 fully saturated rings. The van der Waals surface area contributed by atoms with Gasteiger partial charge in [0.25, 0.3) is 0 Å². The van der Waals surface area contributed by atoms with Crippen LogP contribution in [0.2, 0.25) is 0 Å². The van der Waals surface area contributed by atoms with E-state index < -0.39 is 0 Å². The van der Waals surface area contributed by atoms with Gasteiger partial charge < -0.3 is 15.6 Å². The zero-order valence-corrected chi connectivity index (χ0v) is 15.6. The van der Waals surface area contributed by atoms with Crippen LogP contribution < -0.4 is 11.1 Å². The van der Waals surface area contributed by atoms with Crippen molar-refractivity contribution < 1.29 is 9.59 Å². The van der Waals surface area contributed by atoms with Crippen LogP contribution in [-0.2, 0) is 29.6 Å². The number of imidazole rings is 1. The van der Waals surface area contributed by atoms with Crippen LogP contribution in [0.3, 0.4) is 0 Å². The van der Waals surface area contributed by atoms with Gasteiger partial charge >= 0.3 is 0 Å². The molecule has 2 aromatic rings. The SMILES string of the molecule is Cn1cc(-c2nc3n(c2NC(=O)C2CCCC(C(N)=O)C2)CCCC3)cn1. The maximum atomic E-state index is 13.0. The van der Waals surface area contributed by atoms with Crippen LogP contribution in [0.5, 0.6) is 0 Å². The summed E-state index contributed by atoms with van der Waals surface area (Å²) in [6.45, 7) is 0.854. The average Bonchev–Trinajstić information content (AvgIpc) is 3.25. The maximum Gasteiger partial charge on any atom is 0.228 e. The molecule has 0 bridgehead atoms. The van der Waals surface area contributed by atoms with Crippen LogP contribution >= 0.6 is 0 Å². The molecule has 2 amide bonds. The Morgan fingerprint density at radius 3 is 2.78 bits per heavy atom. The van der Waals surface area contributed by atoms with Crippen molar-refractivity contribution in [3.63, 3.8) is 0 Å². The van der Waals surface area contributed by atoms with Crippen molar-refractivity contribution in [3.05, 3.63) is 18.2 Å². The first-order chi connectivity index (χ1) is 13.0. The second kappa shape index (κ2) is 7.17. The largest absolute Gasteiger partial charge is 0.369 e. The highest BCUT2D eigenvalue weighted by Gasteiger charge is 2.32. The van der Waals surface area contributed by atoms with E-state index in [1.165, 1.54) is 0 Å². The molecule has 1 saturated carbocycles. The zero-order chi connectivity index (χ0) is 19.0. The lowest BCUT2D eigenvalue weighted by Crippen LogP contribution is -2.34. The van der Waals surface area contributed by atoms with Crippen molar-refractivity contribution in [3.8, 4) is 11.3 Å². The Labute approximate surface area is 158 Å². The number of hydrogen-bond acceptors (Lipinski definition) is 4. The number of aryl methyl sites for hydroxylation is 2. The lowest BCUT2D eigenvalue weighted by Gasteiger charge is -2.26. The highest BCUT2D eigenvalue weighted by molar-refractivity contribution is 5.95. The average molecular weight is 370 g/mol. The molecule has 2 aromatic heterocycles. The van der Waals surface area contributed by atoms with E-state index in [9.17, 15) is 9.59 Å². The molecule has 2 unspecified atom stereocenters. The smallest absolute Gasteiger partial charge is 0.228 e. The number of carbonyl (C=O) groups excluding carboxylic acids is 2. The topological polar surface area (TPSA) is 108 Å². The lowest BCUT2D eigenvalue weighted by atomic mass is 9.80. The van der Waals surface area contributed by atoms with E-state index in [2.05, 4.69) is 15.0 Å². The summed E-state index contributed by atoms with van der Waals surface area (Å²) in [6, 6.07) is 0. The fourth-order valence-corrected chi connectivity index (χ4v) is 4.26. The van der Waals surface area contributed by atoms with Gasteiger partial charge in [0.15, 0.2) is 0 Å². The summed E-state index contributed by atoms with van der Waals surface area (Å²) in [7, 11) is 1.86. The number of fused-ring (bicyclic) bond motifs is 1. The van der Waals surface area contributed by atoms with Gasteiger partial charge in [0.1, 0.15) is 17.3 Å². The molecule has 8 heteroatoms. The molecule has 8 nitrogen and oxygen atoms in total. The Hall–Kier alpha value is -2.64. The van der Waals surface area contributed by atoms with Gasteiger partial charge in [-0.2, -0.15) is 5.10 Å². The molecular formula is C19H26N6O2. The first kappa shape index (κ1) is 17.8. The van der Waals surface area contributed by atoms with E-state index >= 15 is 0 Å². The predicted octanol–water partition coefficient (Wildman–Crippen LogP) is 1.85. The van der Waals surface area contributed by atoms with Gasteiger partial charge in [-0.15, -0.1) is 0 Å². The molecular weight excluding hydrogens is 344 g/mol. The molecule has 144 valence electrons. The van der Waals surface area contributed by atoms with E-state index in [0.29, 0.717) is 6.42 Å². The predicted molar refractivity (Wildman–Crippen MR) is 101 cm³/mol. The number of nitrogens with one attached hydrogen (secondary N) is 1. The Bertz CT molecular complexity index is 868. The molecule has 2 aliphatic rings. The molecule has 2 atom stereocenters. The standard InChI is InChI=1S/C19H26N6O2/c1-24-11-14(10-21-24)16-18(25-8-3-2-7-15(25)22-16)23-19(27)13-6-4-5-12(9-13)17(20)26/h10-13H,2-9H2,1H3,(H2,20,26)(H,23,27). The van der Waals surface area contributed by atoms with Crippen molar-refractivity contribution in [1.29, 1.82) is 0 Å². The van der Waals surface area contributed by atoms with Gasteiger partial charge in [0, 0.05) is 43.6 Å². The van der Waals surface area contributed by atoms with E-state index in [1.54, 1.807) is 10.9 Å². The summed E-state index contributed by atoms with van der Waals surface area (Å²) >= 11 is 0. The summed E-state index contributed by atoms with van der Waals surface area (Å²) in [6.07, 6.45) is 9.74. The van der Waals surface area contributed by atoms with Gasteiger partial charge in [0.2, 0.25) is 11.8 Å². The number of rotatable bonds is 4. The number of amides is 2. The molecule has 3 heterocycles. The van der Waals surface area contributed by atoms with Gasteiger partial charge in [-0.1, -0.05) is 6.42 Å². The minimum Gasteiger partial charge on any atom is -0.369 e. The van der Waals surface area contributed by atoms with Crippen LogP contribution in [-0.4, -0.2) is 31.1 Å². The van der Waals surface area contributed by atoms with Gasteiger partial charge in [-0.05, 0) is 32.1 Å². The first-order valence-electron chi connectivity index (χ1n) is 9.71. The maximum absolute atomic E-state index is 13.0. The second-order valence-electron chi connectivity index (χ2n) is 7.69. The molecule has 4 rings (SSSR count). The molecule has 1 aliphatic heterocycles. The summed E-state index contributed by atoms with van der Waals surface area (Å²) in [4.78, 5) is 29.3. The van der Waals surface area contributed by atoms with E-state index in [0.717, 1.165) is 68.0 Å². The number of anilines is 1. The molecule has 27 heavy (non-hydrogen) atoms. The molecule has 0 saturated heterocycles. The van der Waals surface area contributed by atoms with E-state index in [1.807, 2.05) is 13.2 Å². The number of aromatic nitrogens is 4. The van der Waals surface area contributed by atoms with Crippen LogP contribution in [0.1, 0.15) is 44.3 Å². The highest BCUT2D eigenvalue weighted by atomic mass is 16.2. The minimum absolute atomic E-state index is 0.0423. The zero-order valence-electron chi connectivity index (χ0n) is 15.6. The van der Waals surface area contributed by atoms with Crippen molar-refractivity contribution in [1.82, 2.24) is 19.3 Å². The third-order valence-electron chi connectivity index (χ3n) is 5.75. The third-order valence-corrected chi connectivity index (χ3v) is 5.75. The number of carbonyl (C=O) groups is 2. The van der Waals surface area contributed by atoms with Crippen LogP contribution in [0, 0.1) is 11.8 Å². The Kier molecular flexibility index (Phi) is 4.72. The van der Waals surface area contributed by atoms with Crippen LogP contribution in [0.4, 0.5) is 5.82 Å².